The quantitative estimate of drug-likeness (QED) is 0.538. The van der Waals surface area contributed by atoms with Gasteiger partial charge in [0.25, 0.3) is 0 Å². The predicted octanol–water partition coefficient (Wildman–Crippen LogP) is 5.13. The van der Waals surface area contributed by atoms with Gasteiger partial charge in [-0.25, -0.2) is 0 Å². The van der Waals surface area contributed by atoms with Crippen LogP contribution in [0.1, 0.15) is 23.9 Å². The van der Waals surface area contributed by atoms with Crippen LogP contribution in [0.5, 0.6) is 5.75 Å². The van der Waals surface area contributed by atoms with Gasteiger partial charge in [0.2, 0.25) is 0 Å². The zero-order valence-corrected chi connectivity index (χ0v) is 15.8. The lowest BCUT2D eigenvalue weighted by atomic mass is 10.2. The number of hydrogen-bond acceptors (Lipinski definition) is 4. The highest BCUT2D eigenvalue weighted by atomic mass is 35.5. The van der Waals surface area contributed by atoms with Crippen LogP contribution >= 0.6 is 23.4 Å². The van der Waals surface area contributed by atoms with Gasteiger partial charge < -0.3 is 9.30 Å². The van der Waals surface area contributed by atoms with Gasteiger partial charge in [-0.1, -0.05) is 53.2 Å². The fourth-order valence-corrected chi connectivity index (χ4v) is 3.57. The van der Waals surface area contributed by atoms with Crippen LogP contribution in [-0.2, 0) is 18.9 Å². The summed E-state index contributed by atoms with van der Waals surface area (Å²) in [6, 6.07) is 15.8. The molecule has 0 amide bonds. The lowest BCUT2D eigenvalue weighted by molar-refractivity contribution is 0.288. The Balaban J connectivity index is 1.64. The highest BCUT2D eigenvalue weighted by Gasteiger charge is 2.12. The summed E-state index contributed by atoms with van der Waals surface area (Å²) in [5.41, 5.74) is 2.56. The molecular weight excluding hydrogens is 354 g/mol. The summed E-state index contributed by atoms with van der Waals surface area (Å²) in [6.45, 7) is 5.39. The van der Waals surface area contributed by atoms with E-state index >= 15 is 0 Å². The summed E-state index contributed by atoms with van der Waals surface area (Å²) in [5.74, 6) is 2.46. The third-order valence-corrected chi connectivity index (χ3v) is 5.03. The van der Waals surface area contributed by atoms with E-state index in [1.807, 2.05) is 24.3 Å². The van der Waals surface area contributed by atoms with Crippen LogP contribution in [0.25, 0.3) is 0 Å². The summed E-state index contributed by atoms with van der Waals surface area (Å²) in [5, 5.41) is 10.2. The average Bonchev–Trinajstić information content (AvgIpc) is 3.01. The highest BCUT2D eigenvalue weighted by Crippen LogP contribution is 2.23. The molecule has 0 saturated heterocycles. The first kappa shape index (κ1) is 17.8. The molecule has 0 unspecified atom stereocenters. The Labute approximate surface area is 157 Å². The highest BCUT2D eigenvalue weighted by molar-refractivity contribution is 7.98. The van der Waals surface area contributed by atoms with E-state index < -0.39 is 0 Å². The van der Waals surface area contributed by atoms with Crippen molar-refractivity contribution in [2.45, 2.75) is 37.9 Å². The van der Waals surface area contributed by atoms with E-state index in [0.29, 0.717) is 11.6 Å². The van der Waals surface area contributed by atoms with Gasteiger partial charge in [0.1, 0.15) is 12.4 Å². The van der Waals surface area contributed by atoms with Crippen molar-refractivity contribution in [1.82, 2.24) is 14.8 Å². The topological polar surface area (TPSA) is 39.9 Å². The number of thioether (sulfide) groups is 1. The lowest BCUT2D eigenvalue weighted by Crippen LogP contribution is -2.07. The third-order valence-electron chi connectivity index (χ3n) is 3.74. The molecule has 25 heavy (non-hydrogen) atoms. The number of rotatable bonds is 7. The van der Waals surface area contributed by atoms with E-state index in [-0.39, 0.29) is 0 Å². The summed E-state index contributed by atoms with van der Waals surface area (Å²) in [7, 11) is 0. The third kappa shape index (κ3) is 4.77. The van der Waals surface area contributed by atoms with Gasteiger partial charge in [0, 0.05) is 17.3 Å². The molecule has 6 heteroatoms. The fourth-order valence-electron chi connectivity index (χ4n) is 2.48. The van der Waals surface area contributed by atoms with Crippen LogP contribution in [0.4, 0.5) is 0 Å². The van der Waals surface area contributed by atoms with E-state index in [4.69, 9.17) is 16.3 Å². The van der Waals surface area contributed by atoms with Crippen molar-refractivity contribution in [2.75, 3.05) is 0 Å². The van der Waals surface area contributed by atoms with Crippen molar-refractivity contribution in [1.29, 1.82) is 0 Å². The fraction of sp³-hybridized carbons (Fsp3) is 0.263. The number of ether oxygens (including phenoxy) is 1. The van der Waals surface area contributed by atoms with Gasteiger partial charge in [-0.15, -0.1) is 10.2 Å². The van der Waals surface area contributed by atoms with Crippen molar-refractivity contribution in [2.24, 2.45) is 0 Å². The van der Waals surface area contributed by atoms with Crippen molar-refractivity contribution in [3.63, 3.8) is 0 Å². The minimum absolute atomic E-state index is 0.382. The van der Waals surface area contributed by atoms with Gasteiger partial charge in [0.05, 0.1) is 0 Å². The zero-order valence-electron chi connectivity index (χ0n) is 14.3. The van der Waals surface area contributed by atoms with Crippen LogP contribution < -0.4 is 4.74 Å². The van der Waals surface area contributed by atoms with Crippen LogP contribution in [0.3, 0.4) is 0 Å². The molecule has 0 bridgehead atoms. The monoisotopic (exact) mass is 373 g/mol. The molecule has 0 aliphatic heterocycles. The van der Waals surface area contributed by atoms with E-state index in [2.05, 4.69) is 52.9 Å². The minimum Gasteiger partial charge on any atom is -0.486 e. The summed E-state index contributed by atoms with van der Waals surface area (Å²) >= 11 is 7.58. The Morgan fingerprint density at radius 1 is 1.12 bits per heavy atom. The minimum atomic E-state index is 0.382. The Morgan fingerprint density at radius 3 is 2.64 bits per heavy atom. The Hall–Kier alpha value is -1.98. The second kappa shape index (κ2) is 8.41. The van der Waals surface area contributed by atoms with Crippen LogP contribution in [0, 0.1) is 6.92 Å². The van der Waals surface area contributed by atoms with Gasteiger partial charge in [-0.2, -0.15) is 0 Å². The van der Waals surface area contributed by atoms with Gasteiger partial charge in [-0.05, 0) is 43.7 Å². The van der Waals surface area contributed by atoms with Gasteiger partial charge in [0.15, 0.2) is 11.0 Å². The van der Waals surface area contributed by atoms with Crippen LogP contribution in [0.2, 0.25) is 5.02 Å². The smallest absolute Gasteiger partial charge is 0.191 e. The summed E-state index contributed by atoms with van der Waals surface area (Å²) in [6.07, 6.45) is 0. The molecule has 2 aromatic carbocycles. The van der Waals surface area contributed by atoms with Crippen LogP contribution in [0.15, 0.2) is 53.7 Å². The number of aryl methyl sites for hydroxylation is 1. The molecule has 0 aliphatic rings. The van der Waals surface area contributed by atoms with E-state index in [0.717, 1.165) is 29.0 Å². The molecule has 0 saturated carbocycles. The molecule has 1 heterocycles. The maximum absolute atomic E-state index is 5.89. The standard InChI is InChI=1S/C19H20ClN3OS/c1-3-23-18(12-24-17-9-7-16(20)8-10-17)21-22-19(23)25-13-15-6-4-5-14(2)11-15/h4-11H,3,12-13H2,1-2H3. The number of aromatic nitrogens is 3. The lowest BCUT2D eigenvalue weighted by Gasteiger charge is -2.09. The Kier molecular flexibility index (Phi) is 6.00. The first-order chi connectivity index (χ1) is 12.2. The molecule has 3 rings (SSSR count). The average molecular weight is 374 g/mol. The Morgan fingerprint density at radius 2 is 1.92 bits per heavy atom. The molecule has 4 nitrogen and oxygen atoms in total. The van der Waals surface area contributed by atoms with E-state index in [1.54, 1.807) is 11.8 Å². The largest absolute Gasteiger partial charge is 0.486 e. The number of hydrogen-bond donors (Lipinski definition) is 0. The van der Waals surface area contributed by atoms with E-state index in [9.17, 15) is 0 Å². The normalized spacial score (nSPS) is 10.8. The molecule has 0 N–H and O–H groups in total. The van der Waals surface area contributed by atoms with Crippen molar-refractivity contribution >= 4 is 23.4 Å². The second-order valence-corrected chi connectivity index (χ2v) is 7.04. The first-order valence-corrected chi connectivity index (χ1v) is 9.51. The van der Waals surface area contributed by atoms with Crippen molar-refractivity contribution in [3.05, 3.63) is 70.5 Å². The maximum atomic E-state index is 5.89. The molecule has 0 spiro atoms. The molecule has 1 aromatic heterocycles. The Bertz CT molecular complexity index is 833. The van der Waals surface area contributed by atoms with Crippen molar-refractivity contribution in [3.8, 4) is 5.75 Å². The summed E-state index contributed by atoms with van der Waals surface area (Å²) < 4.78 is 7.88. The predicted molar refractivity (Wildman–Crippen MR) is 102 cm³/mol. The number of benzene rings is 2. The molecular formula is C19H20ClN3OS. The van der Waals surface area contributed by atoms with Gasteiger partial charge >= 0.3 is 0 Å². The van der Waals surface area contributed by atoms with Crippen molar-refractivity contribution < 1.29 is 4.74 Å². The summed E-state index contributed by atoms with van der Waals surface area (Å²) in [4.78, 5) is 0. The SMILES string of the molecule is CCn1c(COc2ccc(Cl)cc2)nnc1SCc1cccc(C)c1. The number of nitrogens with zero attached hydrogens (tertiary/aromatic N) is 3. The number of halogens is 1. The molecule has 0 aliphatic carbocycles. The maximum Gasteiger partial charge on any atom is 0.191 e. The molecule has 0 radical (unpaired) electrons. The molecule has 130 valence electrons. The molecule has 0 atom stereocenters. The first-order valence-electron chi connectivity index (χ1n) is 8.14. The van der Waals surface area contributed by atoms with Gasteiger partial charge in [-0.3, -0.25) is 0 Å². The molecule has 3 aromatic rings. The van der Waals surface area contributed by atoms with Crippen LogP contribution in [-0.4, -0.2) is 14.8 Å². The zero-order chi connectivity index (χ0) is 17.6. The van der Waals surface area contributed by atoms with E-state index in [1.165, 1.54) is 11.1 Å². The molecule has 0 fully saturated rings. The second-order valence-electron chi connectivity index (χ2n) is 5.66.